The second-order valence-corrected chi connectivity index (χ2v) is 3.72. The van der Waals surface area contributed by atoms with Crippen LogP contribution >= 0.6 is 11.8 Å². The maximum Gasteiger partial charge on any atom is 0.00883 e. The molecule has 0 heterocycles. The zero-order chi connectivity index (χ0) is 6.53. The zero-order valence-electron chi connectivity index (χ0n) is 5.97. The smallest absolute Gasteiger partial charge is 0.00883 e. The predicted octanol–water partition coefficient (Wildman–Crippen LogP) is 3.20. The molecule has 52 valence electrons. The van der Waals surface area contributed by atoms with Crippen molar-refractivity contribution in [3.05, 3.63) is 11.5 Å². The maximum atomic E-state index is 2.22. The fourth-order valence-electron chi connectivity index (χ4n) is 1.21. The SMILES string of the molecule is C/C=C/SC1CCCC1. The molecule has 0 atom stereocenters. The van der Waals surface area contributed by atoms with Gasteiger partial charge >= 0.3 is 0 Å². The third-order valence-electron chi connectivity index (χ3n) is 1.71. The van der Waals surface area contributed by atoms with E-state index < -0.39 is 0 Å². The van der Waals surface area contributed by atoms with Gasteiger partial charge in [-0.15, -0.1) is 11.8 Å². The molecule has 0 aliphatic heterocycles. The minimum Gasteiger partial charge on any atom is -0.131 e. The van der Waals surface area contributed by atoms with Crippen LogP contribution in [0.25, 0.3) is 0 Å². The molecule has 0 aromatic heterocycles. The van der Waals surface area contributed by atoms with E-state index in [1.807, 2.05) is 11.8 Å². The standard InChI is InChI=1S/C8H14S/c1-2-7-9-8-5-3-4-6-8/h2,7-8H,3-6H2,1H3/b7-2+. The van der Waals surface area contributed by atoms with Crippen LogP contribution in [0.1, 0.15) is 32.6 Å². The van der Waals surface area contributed by atoms with Crippen molar-refractivity contribution in [1.82, 2.24) is 0 Å². The topological polar surface area (TPSA) is 0 Å². The van der Waals surface area contributed by atoms with Crippen LogP contribution in [0.4, 0.5) is 0 Å². The summed E-state index contributed by atoms with van der Waals surface area (Å²) in [4.78, 5) is 0. The molecule has 1 aliphatic rings. The van der Waals surface area contributed by atoms with Gasteiger partial charge in [0, 0.05) is 5.25 Å². The van der Waals surface area contributed by atoms with Crippen molar-refractivity contribution in [2.24, 2.45) is 0 Å². The van der Waals surface area contributed by atoms with Crippen LogP contribution in [0.5, 0.6) is 0 Å². The van der Waals surface area contributed by atoms with E-state index in [1.54, 1.807) is 0 Å². The van der Waals surface area contributed by atoms with Gasteiger partial charge in [-0.3, -0.25) is 0 Å². The first-order valence-electron chi connectivity index (χ1n) is 3.70. The molecule has 1 rings (SSSR count). The Morgan fingerprint density at radius 1 is 1.33 bits per heavy atom. The van der Waals surface area contributed by atoms with Crippen molar-refractivity contribution >= 4 is 11.8 Å². The van der Waals surface area contributed by atoms with E-state index in [1.165, 1.54) is 25.7 Å². The van der Waals surface area contributed by atoms with Gasteiger partial charge in [0.1, 0.15) is 0 Å². The highest BCUT2D eigenvalue weighted by Gasteiger charge is 2.12. The van der Waals surface area contributed by atoms with Gasteiger partial charge in [0.15, 0.2) is 0 Å². The summed E-state index contributed by atoms with van der Waals surface area (Å²) in [6.07, 6.45) is 7.91. The summed E-state index contributed by atoms with van der Waals surface area (Å²) in [5.41, 5.74) is 0. The van der Waals surface area contributed by atoms with E-state index in [-0.39, 0.29) is 0 Å². The monoisotopic (exact) mass is 142 g/mol. The lowest BCUT2D eigenvalue weighted by atomic mass is 10.4. The summed E-state index contributed by atoms with van der Waals surface area (Å²) in [6.45, 7) is 2.09. The van der Waals surface area contributed by atoms with Crippen LogP contribution in [0, 0.1) is 0 Å². The van der Waals surface area contributed by atoms with Gasteiger partial charge in [-0.25, -0.2) is 0 Å². The number of thioether (sulfide) groups is 1. The van der Waals surface area contributed by atoms with E-state index in [0.29, 0.717) is 0 Å². The van der Waals surface area contributed by atoms with Gasteiger partial charge in [0.05, 0.1) is 0 Å². The van der Waals surface area contributed by atoms with E-state index >= 15 is 0 Å². The quantitative estimate of drug-likeness (QED) is 0.570. The summed E-state index contributed by atoms with van der Waals surface area (Å²) in [5.74, 6) is 0. The average molecular weight is 142 g/mol. The first kappa shape index (κ1) is 7.20. The Bertz CT molecular complexity index is 90.7. The number of allylic oxidation sites excluding steroid dienone is 1. The summed E-state index contributed by atoms with van der Waals surface area (Å²) in [6, 6.07) is 0. The average Bonchev–Trinajstić information content (AvgIpc) is 2.34. The van der Waals surface area contributed by atoms with Gasteiger partial charge in [0.2, 0.25) is 0 Å². The lowest BCUT2D eigenvalue weighted by molar-refractivity contribution is 0.886. The summed E-state index contributed by atoms with van der Waals surface area (Å²) < 4.78 is 0. The molecule has 1 fully saturated rings. The molecule has 1 aliphatic carbocycles. The molecular weight excluding hydrogens is 128 g/mol. The Hall–Kier alpha value is 0.0900. The van der Waals surface area contributed by atoms with Crippen LogP contribution in [0.3, 0.4) is 0 Å². The Kier molecular flexibility index (Phi) is 3.20. The number of hydrogen-bond acceptors (Lipinski definition) is 1. The molecule has 1 heteroatoms. The van der Waals surface area contributed by atoms with E-state index in [4.69, 9.17) is 0 Å². The van der Waals surface area contributed by atoms with Gasteiger partial charge < -0.3 is 0 Å². The van der Waals surface area contributed by atoms with Crippen LogP contribution in [-0.4, -0.2) is 5.25 Å². The lowest BCUT2D eigenvalue weighted by Gasteiger charge is -2.01. The van der Waals surface area contributed by atoms with E-state index in [0.717, 1.165) is 5.25 Å². The Labute approximate surface area is 61.7 Å². The molecule has 0 bridgehead atoms. The molecule has 0 saturated heterocycles. The second kappa shape index (κ2) is 3.99. The van der Waals surface area contributed by atoms with E-state index in [2.05, 4.69) is 18.4 Å². The van der Waals surface area contributed by atoms with Crippen molar-refractivity contribution < 1.29 is 0 Å². The molecule has 0 amide bonds. The fraction of sp³-hybridized carbons (Fsp3) is 0.750. The summed E-state index contributed by atoms with van der Waals surface area (Å²) in [5, 5.41) is 3.16. The molecular formula is C8H14S. The lowest BCUT2D eigenvalue weighted by Crippen LogP contribution is -1.89. The van der Waals surface area contributed by atoms with Gasteiger partial charge in [-0.05, 0) is 25.2 Å². The molecule has 0 spiro atoms. The minimum atomic E-state index is 0.946. The molecule has 0 aromatic carbocycles. The van der Waals surface area contributed by atoms with Crippen molar-refractivity contribution in [1.29, 1.82) is 0 Å². The molecule has 0 unspecified atom stereocenters. The van der Waals surface area contributed by atoms with Gasteiger partial charge in [-0.1, -0.05) is 18.9 Å². The second-order valence-electron chi connectivity index (χ2n) is 2.51. The third-order valence-corrected chi connectivity index (χ3v) is 2.99. The summed E-state index contributed by atoms with van der Waals surface area (Å²) >= 11 is 2.00. The van der Waals surface area contributed by atoms with Crippen LogP contribution in [0.2, 0.25) is 0 Å². The molecule has 1 saturated carbocycles. The number of rotatable bonds is 2. The summed E-state index contributed by atoms with van der Waals surface area (Å²) in [7, 11) is 0. The first-order valence-corrected chi connectivity index (χ1v) is 4.64. The Balaban J connectivity index is 2.11. The van der Waals surface area contributed by atoms with Crippen LogP contribution in [0.15, 0.2) is 11.5 Å². The van der Waals surface area contributed by atoms with Crippen LogP contribution < -0.4 is 0 Å². The fourth-order valence-corrected chi connectivity index (χ4v) is 2.20. The third kappa shape index (κ3) is 2.44. The van der Waals surface area contributed by atoms with Crippen molar-refractivity contribution in [2.45, 2.75) is 37.9 Å². The number of hydrogen-bond donors (Lipinski definition) is 0. The highest BCUT2D eigenvalue weighted by atomic mass is 32.2. The van der Waals surface area contributed by atoms with Crippen LogP contribution in [-0.2, 0) is 0 Å². The molecule has 0 N–H and O–H groups in total. The minimum absolute atomic E-state index is 0.946. The van der Waals surface area contributed by atoms with E-state index in [9.17, 15) is 0 Å². The Morgan fingerprint density at radius 2 is 2.00 bits per heavy atom. The zero-order valence-corrected chi connectivity index (χ0v) is 6.79. The predicted molar refractivity (Wildman–Crippen MR) is 44.7 cm³/mol. The van der Waals surface area contributed by atoms with Crippen molar-refractivity contribution in [3.8, 4) is 0 Å². The molecule has 9 heavy (non-hydrogen) atoms. The van der Waals surface area contributed by atoms with Gasteiger partial charge in [0.25, 0.3) is 0 Å². The first-order chi connectivity index (χ1) is 4.43. The molecule has 0 nitrogen and oxygen atoms in total. The normalized spacial score (nSPS) is 21.9. The molecule has 0 aromatic rings. The highest BCUT2D eigenvalue weighted by Crippen LogP contribution is 2.29. The largest absolute Gasteiger partial charge is 0.131 e. The van der Waals surface area contributed by atoms with Crippen molar-refractivity contribution in [3.63, 3.8) is 0 Å². The molecule has 0 radical (unpaired) electrons. The van der Waals surface area contributed by atoms with Gasteiger partial charge in [-0.2, -0.15) is 0 Å². The Morgan fingerprint density at radius 3 is 2.56 bits per heavy atom. The maximum absolute atomic E-state index is 2.22. The van der Waals surface area contributed by atoms with Crippen molar-refractivity contribution in [2.75, 3.05) is 0 Å². The highest BCUT2D eigenvalue weighted by molar-refractivity contribution is 8.02.